The third-order valence-electron chi connectivity index (χ3n) is 5.31. The molecule has 0 atom stereocenters. The number of ether oxygens (including phenoxy) is 2. The highest BCUT2D eigenvalue weighted by Crippen LogP contribution is 2.30. The van der Waals surface area contributed by atoms with E-state index in [-0.39, 0.29) is 17.2 Å². The second kappa shape index (κ2) is 10.9. The van der Waals surface area contributed by atoms with E-state index in [1.165, 1.54) is 32.5 Å². The lowest BCUT2D eigenvalue weighted by Gasteiger charge is -2.12. The van der Waals surface area contributed by atoms with Crippen LogP contribution in [0.3, 0.4) is 0 Å². The first-order valence-corrected chi connectivity index (χ1v) is 11.8. The quantitative estimate of drug-likeness (QED) is 0.348. The van der Waals surface area contributed by atoms with Crippen LogP contribution in [-0.4, -0.2) is 54.6 Å². The minimum absolute atomic E-state index is 0.235. The summed E-state index contributed by atoms with van der Waals surface area (Å²) in [6.45, 7) is 0.539. The summed E-state index contributed by atoms with van der Waals surface area (Å²) in [6, 6.07) is 12.2. The van der Waals surface area contributed by atoms with Crippen molar-refractivity contribution >= 4 is 16.2 Å². The fourth-order valence-electron chi connectivity index (χ4n) is 3.60. The number of nitrogens with one attached hydrogen (secondary N) is 2. The first kappa shape index (κ1) is 24.7. The van der Waals surface area contributed by atoms with Gasteiger partial charge in [0, 0.05) is 30.4 Å². The van der Waals surface area contributed by atoms with Crippen molar-refractivity contribution in [2.75, 3.05) is 20.8 Å². The van der Waals surface area contributed by atoms with Gasteiger partial charge in [0.2, 0.25) is 0 Å². The number of rotatable bonds is 8. The number of carbonyl (C=O) groups excluding carboxylic acids is 1. The van der Waals surface area contributed by atoms with Gasteiger partial charge in [0.1, 0.15) is 5.82 Å². The Labute approximate surface area is 206 Å². The molecule has 0 fully saturated rings. The van der Waals surface area contributed by atoms with Gasteiger partial charge < -0.3 is 24.3 Å². The Morgan fingerprint density at radius 3 is 2.53 bits per heavy atom. The molecular formula is C24H22FN5O5S. The Kier molecular flexibility index (Phi) is 7.44. The molecule has 2 N–H and O–H groups in total. The molecule has 2 aromatic heterocycles. The summed E-state index contributed by atoms with van der Waals surface area (Å²) in [4.78, 5) is 23.9. The Morgan fingerprint density at radius 2 is 1.83 bits per heavy atom. The lowest BCUT2D eigenvalue weighted by atomic mass is 10.1. The summed E-state index contributed by atoms with van der Waals surface area (Å²) < 4.78 is 48.3. The van der Waals surface area contributed by atoms with Gasteiger partial charge in [-0.05, 0) is 48.5 Å². The molecule has 0 aliphatic heterocycles. The normalized spacial score (nSPS) is 10.6. The summed E-state index contributed by atoms with van der Waals surface area (Å²) in [5.74, 6) is 0.239. The van der Waals surface area contributed by atoms with E-state index in [4.69, 9.17) is 9.47 Å². The summed E-state index contributed by atoms with van der Waals surface area (Å²) in [6.07, 6.45) is 3.01. The highest BCUT2D eigenvalue weighted by atomic mass is 32.2. The summed E-state index contributed by atoms with van der Waals surface area (Å²) in [5.41, 5.74) is 2.37. The Hall–Kier alpha value is -4.45. The standard InChI is InChI=1S/C24H22FN5O5S/c1-34-19-8-5-16(13-20(19)35-2)23(31)26-11-12-30-14-28-21(15-3-6-17(25)7-4-15)22(30)18-9-10-27-24(29-18)36(32)33/h3-10,13-14,27H,11-12H2,1-2H3,(H,26,31). The smallest absolute Gasteiger partial charge is 0.258 e. The van der Waals surface area contributed by atoms with E-state index in [0.717, 1.165) is 0 Å². The molecule has 36 heavy (non-hydrogen) atoms. The van der Waals surface area contributed by atoms with Gasteiger partial charge in [-0.25, -0.2) is 14.4 Å². The van der Waals surface area contributed by atoms with E-state index < -0.39 is 16.1 Å². The number of nitrogens with zero attached hydrogens (tertiary/aromatic N) is 3. The number of benzene rings is 2. The number of methoxy groups -OCH3 is 2. The molecule has 0 saturated heterocycles. The van der Waals surface area contributed by atoms with Crippen molar-refractivity contribution in [3.8, 4) is 34.1 Å². The van der Waals surface area contributed by atoms with E-state index in [0.29, 0.717) is 46.3 Å². The van der Waals surface area contributed by atoms with Crippen LogP contribution in [0.1, 0.15) is 10.4 Å². The maximum atomic E-state index is 13.5. The molecule has 1 amide bonds. The highest BCUT2D eigenvalue weighted by Gasteiger charge is 2.17. The molecule has 0 radical (unpaired) electrons. The minimum atomic E-state index is -2.57. The third kappa shape index (κ3) is 5.28. The maximum absolute atomic E-state index is 13.5. The van der Waals surface area contributed by atoms with Gasteiger partial charge in [-0.15, -0.1) is 0 Å². The number of carbonyl (C=O) groups is 1. The lowest BCUT2D eigenvalue weighted by Crippen LogP contribution is -2.27. The largest absolute Gasteiger partial charge is 0.493 e. The fraction of sp³-hybridized carbons (Fsp3) is 0.167. The predicted molar refractivity (Wildman–Crippen MR) is 129 cm³/mol. The third-order valence-corrected chi connectivity index (χ3v) is 5.83. The van der Waals surface area contributed by atoms with Crippen molar-refractivity contribution < 1.29 is 27.1 Å². The van der Waals surface area contributed by atoms with Crippen LogP contribution in [0.25, 0.3) is 22.6 Å². The van der Waals surface area contributed by atoms with Crippen molar-refractivity contribution in [2.45, 2.75) is 6.54 Å². The number of aromatic amines is 1. The van der Waals surface area contributed by atoms with Gasteiger partial charge in [0.15, 0.2) is 11.5 Å². The van der Waals surface area contributed by atoms with E-state index in [2.05, 4.69) is 20.3 Å². The number of hydrogen-bond acceptors (Lipinski definition) is 7. The van der Waals surface area contributed by atoms with E-state index >= 15 is 0 Å². The SMILES string of the molecule is COc1ccc(C(=O)NCCn2cnc(-c3ccc(F)cc3)c2-c2cc[nH]c(=S(=O)=O)n2)cc1OC. The molecule has 2 heterocycles. The lowest BCUT2D eigenvalue weighted by molar-refractivity contribution is 0.0952. The fourth-order valence-corrected chi connectivity index (χ4v) is 3.93. The van der Waals surface area contributed by atoms with Crippen LogP contribution < -0.4 is 14.8 Å². The van der Waals surface area contributed by atoms with Crippen molar-refractivity contribution in [1.29, 1.82) is 0 Å². The van der Waals surface area contributed by atoms with Crippen molar-refractivity contribution in [3.63, 3.8) is 0 Å². The van der Waals surface area contributed by atoms with Crippen LogP contribution in [0.5, 0.6) is 11.5 Å². The van der Waals surface area contributed by atoms with E-state index in [1.54, 1.807) is 47.3 Å². The van der Waals surface area contributed by atoms with E-state index in [9.17, 15) is 17.6 Å². The van der Waals surface area contributed by atoms with Crippen molar-refractivity contribution in [1.82, 2.24) is 24.8 Å². The van der Waals surface area contributed by atoms with Crippen LogP contribution in [0.15, 0.2) is 61.1 Å². The summed E-state index contributed by atoms with van der Waals surface area (Å²) >= 11 is 0. The number of hydrogen-bond donors (Lipinski definition) is 2. The van der Waals surface area contributed by atoms with Gasteiger partial charge >= 0.3 is 0 Å². The number of amides is 1. The Morgan fingerprint density at radius 1 is 1.08 bits per heavy atom. The zero-order valence-corrected chi connectivity index (χ0v) is 20.2. The zero-order valence-electron chi connectivity index (χ0n) is 19.4. The van der Waals surface area contributed by atoms with Crippen LogP contribution >= 0.6 is 0 Å². The Bertz CT molecular complexity index is 1570. The molecule has 2 aromatic carbocycles. The van der Waals surface area contributed by atoms with Crippen LogP contribution in [0.2, 0.25) is 0 Å². The predicted octanol–water partition coefficient (Wildman–Crippen LogP) is 2.94. The number of H-pyrrole nitrogens is 1. The average Bonchev–Trinajstić information content (AvgIpc) is 3.32. The van der Waals surface area contributed by atoms with Gasteiger partial charge in [-0.1, -0.05) is 0 Å². The first-order valence-electron chi connectivity index (χ1n) is 10.7. The molecule has 0 aliphatic rings. The zero-order chi connectivity index (χ0) is 25.7. The number of imidazole rings is 1. The van der Waals surface area contributed by atoms with Gasteiger partial charge in [0.05, 0.1) is 37.6 Å². The first-order chi connectivity index (χ1) is 17.4. The monoisotopic (exact) mass is 511 g/mol. The molecule has 12 heteroatoms. The second-order valence-corrected chi connectivity index (χ2v) is 8.34. The topological polar surface area (TPSA) is 128 Å². The molecule has 186 valence electrons. The molecular weight excluding hydrogens is 489 g/mol. The molecule has 10 nitrogen and oxygen atoms in total. The van der Waals surface area contributed by atoms with Crippen molar-refractivity contribution in [2.24, 2.45) is 0 Å². The van der Waals surface area contributed by atoms with Gasteiger partial charge in [-0.3, -0.25) is 4.79 Å². The molecule has 0 unspecified atom stereocenters. The second-order valence-electron chi connectivity index (χ2n) is 7.48. The van der Waals surface area contributed by atoms with Crippen molar-refractivity contribution in [3.05, 3.63) is 77.2 Å². The van der Waals surface area contributed by atoms with Crippen LogP contribution in [-0.2, 0) is 16.8 Å². The van der Waals surface area contributed by atoms with Crippen LogP contribution in [0.4, 0.5) is 4.39 Å². The summed E-state index contributed by atoms with van der Waals surface area (Å²) in [5, 5.41) is 2.84. The summed E-state index contributed by atoms with van der Waals surface area (Å²) in [7, 11) is 0.428. The molecule has 4 rings (SSSR count). The molecule has 0 bridgehead atoms. The number of aromatic nitrogens is 4. The highest BCUT2D eigenvalue weighted by molar-refractivity contribution is 7.63. The Balaban J connectivity index is 1.62. The molecule has 0 aliphatic carbocycles. The number of halogens is 1. The average molecular weight is 512 g/mol. The molecule has 0 saturated carbocycles. The maximum Gasteiger partial charge on any atom is 0.258 e. The van der Waals surface area contributed by atoms with Crippen LogP contribution in [0, 0.1) is 10.6 Å². The minimum Gasteiger partial charge on any atom is -0.493 e. The molecule has 0 spiro atoms. The van der Waals surface area contributed by atoms with E-state index in [1.807, 2.05) is 0 Å². The molecule has 4 aromatic rings. The van der Waals surface area contributed by atoms with Gasteiger partial charge in [-0.2, -0.15) is 8.42 Å². The van der Waals surface area contributed by atoms with Gasteiger partial charge in [0.25, 0.3) is 21.0 Å².